The number of hydrogen-bond donors (Lipinski definition) is 1. The lowest BCUT2D eigenvalue weighted by Gasteiger charge is -1.99. The molecule has 1 aromatic heterocycles. The highest BCUT2D eigenvalue weighted by Crippen LogP contribution is 2.25. The van der Waals surface area contributed by atoms with Crippen molar-refractivity contribution < 1.29 is 9.34 Å². The summed E-state index contributed by atoms with van der Waals surface area (Å²) in [5.74, 6) is 0.483. The van der Waals surface area contributed by atoms with Gasteiger partial charge in [0.1, 0.15) is 6.26 Å². The number of rotatable bonds is 6. The maximum absolute atomic E-state index is 10.8. The van der Waals surface area contributed by atoms with Gasteiger partial charge < -0.3 is 9.73 Å². The average Bonchev–Trinajstić information content (AvgIpc) is 2.87. The zero-order chi connectivity index (χ0) is 14.5. The molecule has 2 aromatic rings. The number of oxazole rings is 1. The third-order valence-corrected chi connectivity index (χ3v) is 2.93. The van der Waals surface area contributed by atoms with Crippen LogP contribution in [-0.2, 0) is 6.54 Å². The molecule has 106 valence electrons. The van der Waals surface area contributed by atoms with E-state index in [2.05, 4.69) is 17.2 Å². The van der Waals surface area contributed by atoms with E-state index in [0.717, 1.165) is 24.2 Å². The number of nitro groups is 1. The number of nitrogens with zero attached hydrogens (tertiary/aromatic N) is 2. The smallest absolute Gasteiger partial charge is 0.272 e. The number of aryl methyl sites for hydroxylation is 1. The highest BCUT2D eigenvalue weighted by Gasteiger charge is 2.13. The molecule has 0 saturated carbocycles. The number of hydrogen-bond acceptors (Lipinski definition) is 5. The van der Waals surface area contributed by atoms with Gasteiger partial charge in [0.2, 0.25) is 5.89 Å². The normalized spacial score (nSPS) is 10.7. The highest BCUT2D eigenvalue weighted by molar-refractivity contribution is 5.59. The quantitative estimate of drug-likeness (QED) is 0.498. The van der Waals surface area contributed by atoms with Crippen LogP contribution in [0.15, 0.2) is 28.9 Å². The molecule has 20 heavy (non-hydrogen) atoms. The lowest BCUT2D eigenvalue weighted by atomic mass is 10.1. The Bertz CT molecular complexity index is 607. The van der Waals surface area contributed by atoms with Crippen LogP contribution >= 0.6 is 0 Å². The van der Waals surface area contributed by atoms with Crippen molar-refractivity contribution in [3.05, 3.63) is 45.8 Å². The summed E-state index contributed by atoms with van der Waals surface area (Å²) in [5.41, 5.74) is 2.26. The van der Waals surface area contributed by atoms with Crippen LogP contribution in [0.4, 0.5) is 5.69 Å². The highest BCUT2D eigenvalue weighted by atomic mass is 16.6. The van der Waals surface area contributed by atoms with Crippen LogP contribution in [0.25, 0.3) is 11.5 Å². The van der Waals surface area contributed by atoms with Gasteiger partial charge >= 0.3 is 0 Å². The molecule has 6 heteroatoms. The second kappa shape index (κ2) is 6.29. The molecule has 0 saturated heterocycles. The monoisotopic (exact) mass is 275 g/mol. The van der Waals surface area contributed by atoms with Gasteiger partial charge in [-0.25, -0.2) is 4.98 Å². The zero-order valence-electron chi connectivity index (χ0n) is 11.5. The molecule has 6 nitrogen and oxygen atoms in total. The largest absolute Gasteiger partial charge is 0.444 e. The van der Waals surface area contributed by atoms with Crippen LogP contribution in [0.2, 0.25) is 0 Å². The van der Waals surface area contributed by atoms with E-state index in [9.17, 15) is 10.1 Å². The topological polar surface area (TPSA) is 81.2 Å². The molecule has 0 amide bonds. The molecule has 1 heterocycles. The standard InChI is InChI=1S/C14H17N3O3/c1-3-6-15-8-12-9-20-14(16-12)11-4-5-13(17(18)19)10(2)7-11/h4-5,7,9,15H,3,6,8H2,1-2H3. The second-order valence-electron chi connectivity index (χ2n) is 4.58. The molecule has 0 unspecified atom stereocenters. The minimum absolute atomic E-state index is 0.102. The minimum atomic E-state index is -0.394. The molecule has 1 N–H and O–H groups in total. The Hall–Kier alpha value is -2.21. The van der Waals surface area contributed by atoms with E-state index in [1.165, 1.54) is 6.07 Å². The summed E-state index contributed by atoms with van der Waals surface area (Å²) in [7, 11) is 0. The molecule has 0 radical (unpaired) electrons. The molecule has 1 aromatic carbocycles. The Kier molecular flexibility index (Phi) is 4.47. The number of aromatic nitrogens is 1. The fraction of sp³-hybridized carbons (Fsp3) is 0.357. The van der Waals surface area contributed by atoms with Gasteiger partial charge in [-0.3, -0.25) is 10.1 Å². The summed E-state index contributed by atoms with van der Waals surface area (Å²) in [6, 6.07) is 4.84. The first-order valence-electron chi connectivity index (χ1n) is 6.52. The van der Waals surface area contributed by atoms with E-state index in [0.29, 0.717) is 18.0 Å². The summed E-state index contributed by atoms with van der Waals surface area (Å²) in [6.45, 7) is 5.39. The van der Waals surface area contributed by atoms with Crippen molar-refractivity contribution in [2.75, 3.05) is 6.54 Å². The van der Waals surface area contributed by atoms with Gasteiger partial charge in [-0.2, -0.15) is 0 Å². The van der Waals surface area contributed by atoms with E-state index in [4.69, 9.17) is 4.42 Å². The first kappa shape index (κ1) is 14.2. The summed E-state index contributed by atoms with van der Waals surface area (Å²) in [5, 5.41) is 14.0. The van der Waals surface area contributed by atoms with Crippen LogP contribution in [0.1, 0.15) is 24.6 Å². The Balaban J connectivity index is 2.15. The van der Waals surface area contributed by atoms with E-state index in [-0.39, 0.29) is 5.69 Å². The van der Waals surface area contributed by atoms with Gasteiger partial charge in [-0.15, -0.1) is 0 Å². The molecule has 0 fully saturated rings. The minimum Gasteiger partial charge on any atom is -0.444 e. The van der Waals surface area contributed by atoms with Crippen molar-refractivity contribution in [3.63, 3.8) is 0 Å². The fourth-order valence-electron chi connectivity index (χ4n) is 1.91. The van der Waals surface area contributed by atoms with Gasteiger partial charge in [-0.1, -0.05) is 6.92 Å². The van der Waals surface area contributed by atoms with Crippen molar-refractivity contribution in [2.24, 2.45) is 0 Å². The fourth-order valence-corrected chi connectivity index (χ4v) is 1.91. The van der Waals surface area contributed by atoms with Crippen molar-refractivity contribution >= 4 is 5.69 Å². The third-order valence-electron chi connectivity index (χ3n) is 2.93. The first-order chi connectivity index (χ1) is 9.61. The zero-order valence-corrected chi connectivity index (χ0v) is 11.5. The van der Waals surface area contributed by atoms with Gasteiger partial charge in [0.15, 0.2) is 0 Å². The van der Waals surface area contributed by atoms with Crippen LogP contribution in [0.3, 0.4) is 0 Å². The van der Waals surface area contributed by atoms with Crippen LogP contribution < -0.4 is 5.32 Å². The predicted molar refractivity (Wildman–Crippen MR) is 75.3 cm³/mol. The Morgan fingerprint density at radius 2 is 2.25 bits per heavy atom. The first-order valence-corrected chi connectivity index (χ1v) is 6.52. The van der Waals surface area contributed by atoms with Crippen LogP contribution in [-0.4, -0.2) is 16.5 Å². The summed E-state index contributed by atoms with van der Waals surface area (Å²) in [6.07, 6.45) is 2.67. The van der Waals surface area contributed by atoms with Crippen LogP contribution in [0.5, 0.6) is 0 Å². The molecule has 0 aliphatic heterocycles. The molecular formula is C14H17N3O3. The maximum atomic E-state index is 10.8. The number of nitro benzene ring substituents is 1. The van der Waals surface area contributed by atoms with Crippen molar-refractivity contribution in [3.8, 4) is 11.5 Å². The maximum Gasteiger partial charge on any atom is 0.272 e. The Morgan fingerprint density at radius 1 is 1.45 bits per heavy atom. The molecule has 0 aliphatic rings. The molecule has 0 bridgehead atoms. The summed E-state index contributed by atoms with van der Waals surface area (Å²) >= 11 is 0. The van der Waals surface area contributed by atoms with Crippen molar-refractivity contribution in [1.82, 2.24) is 10.3 Å². The lowest BCUT2D eigenvalue weighted by molar-refractivity contribution is -0.385. The Morgan fingerprint density at radius 3 is 2.90 bits per heavy atom. The van der Waals surface area contributed by atoms with E-state index >= 15 is 0 Å². The van der Waals surface area contributed by atoms with Gasteiger partial charge in [0, 0.05) is 23.7 Å². The molecular weight excluding hydrogens is 258 g/mol. The van der Waals surface area contributed by atoms with E-state index < -0.39 is 4.92 Å². The van der Waals surface area contributed by atoms with Crippen molar-refractivity contribution in [2.45, 2.75) is 26.8 Å². The molecule has 0 aliphatic carbocycles. The van der Waals surface area contributed by atoms with Gasteiger partial charge in [0.25, 0.3) is 5.69 Å². The SMILES string of the molecule is CCCNCc1coc(-c2ccc([N+](=O)[O-])c(C)c2)n1. The Labute approximate surface area is 117 Å². The van der Waals surface area contributed by atoms with E-state index in [1.807, 2.05) is 0 Å². The van der Waals surface area contributed by atoms with Gasteiger partial charge in [-0.05, 0) is 32.0 Å². The predicted octanol–water partition coefficient (Wildman–Crippen LogP) is 3.06. The van der Waals surface area contributed by atoms with Crippen molar-refractivity contribution in [1.29, 1.82) is 0 Å². The van der Waals surface area contributed by atoms with Gasteiger partial charge in [0.05, 0.1) is 10.6 Å². The summed E-state index contributed by atoms with van der Waals surface area (Å²) < 4.78 is 5.42. The summed E-state index contributed by atoms with van der Waals surface area (Å²) in [4.78, 5) is 14.8. The number of nitrogens with one attached hydrogen (secondary N) is 1. The average molecular weight is 275 g/mol. The molecule has 0 atom stereocenters. The number of benzene rings is 1. The van der Waals surface area contributed by atoms with E-state index in [1.54, 1.807) is 25.3 Å². The molecule has 2 rings (SSSR count). The molecule has 0 spiro atoms. The lowest BCUT2D eigenvalue weighted by Crippen LogP contribution is -2.13. The van der Waals surface area contributed by atoms with Crippen LogP contribution in [0, 0.1) is 17.0 Å². The second-order valence-corrected chi connectivity index (χ2v) is 4.58. The third kappa shape index (κ3) is 3.21.